The molecule has 0 aliphatic carbocycles. The first-order chi connectivity index (χ1) is 10.6. The molecule has 0 fully saturated rings. The average Bonchev–Trinajstić information content (AvgIpc) is 2.54. The molecule has 0 aliphatic rings. The molecule has 0 saturated heterocycles. The Morgan fingerprint density at radius 2 is 1.82 bits per heavy atom. The molecular weight excluding hydrogens is 280 g/mol. The number of aromatic hydroxyl groups is 1. The fraction of sp³-hybridized carbons (Fsp3) is 0.235. The van der Waals surface area contributed by atoms with E-state index in [0.717, 1.165) is 11.3 Å². The number of carbonyl (C=O) groups excluding carboxylic acids is 1. The molecule has 1 atom stereocenters. The number of amides is 1. The van der Waals surface area contributed by atoms with Crippen LogP contribution in [0.1, 0.15) is 11.1 Å². The lowest BCUT2D eigenvalue weighted by molar-refractivity contribution is -0.122. The van der Waals surface area contributed by atoms with Crippen LogP contribution in [0.3, 0.4) is 0 Å². The number of methoxy groups -OCH3 is 1. The SMILES string of the molecule is COc1ccccc1CNC(=O)C(N)Cc1ccccc1O. The second-order valence-electron chi connectivity index (χ2n) is 4.97. The molecule has 0 saturated carbocycles. The van der Waals surface area contributed by atoms with Gasteiger partial charge in [-0.15, -0.1) is 0 Å². The molecule has 4 N–H and O–H groups in total. The highest BCUT2D eigenvalue weighted by Crippen LogP contribution is 2.18. The van der Waals surface area contributed by atoms with Crippen molar-refractivity contribution in [2.24, 2.45) is 5.73 Å². The van der Waals surface area contributed by atoms with Crippen molar-refractivity contribution in [1.82, 2.24) is 5.32 Å². The van der Waals surface area contributed by atoms with Crippen molar-refractivity contribution in [3.8, 4) is 11.5 Å². The first-order valence-corrected chi connectivity index (χ1v) is 7.04. The molecule has 0 aromatic heterocycles. The summed E-state index contributed by atoms with van der Waals surface area (Å²) in [6.07, 6.45) is 0.282. The molecule has 1 amide bonds. The van der Waals surface area contributed by atoms with Gasteiger partial charge in [0.2, 0.25) is 5.91 Å². The first-order valence-electron chi connectivity index (χ1n) is 7.04. The number of hydrogen-bond donors (Lipinski definition) is 3. The molecular formula is C17H20N2O3. The van der Waals surface area contributed by atoms with Crippen molar-refractivity contribution in [2.75, 3.05) is 7.11 Å². The minimum absolute atomic E-state index is 0.149. The topological polar surface area (TPSA) is 84.6 Å². The molecule has 0 bridgehead atoms. The fourth-order valence-corrected chi connectivity index (χ4v) is 2.18. The molecule has 0 heterocycles. The average molecular weight is 300 g/mol. The summed E-state index contributed by atoms with van der Waals surface area (Å²) in [5.74, 6) is 0.599. The molecule has 2 rings (SSSR count). The number of nitrogens with two attached hydrogens (primary N) is 1. The van der Waals surface area contributed by atoms with E-state index in [1.807, 2.05) is 24.3 Å². The van der Waals surface area contributed by atoms with Gasteiger partial charge < -0.3 is 20.9 Å². The van der Waals surface area contributed by atoms with E-state index in [-0.39, 0.29) is 18.1 Å². The predicted molar refractivity (Wildman–Crippen MR) is 84.6 cm³/mol. The van der Waals surface area contributed by atoms with Gasteiger partial charge in [0.05, 0.1) is 13.2 Å². The Hall–Kier alpha value is -2.53. The van der Waals surface area contributed by atoms with E-state index in [2.05, 4.69) is 5.32 Å². The Kier molecular flexibility index (Phi) is 5.38. The summed E-state index contributed by atoms with van der Waals surface area (Å²) >= 11 is 0. The van der Waals surface area contributed by atoms with Gasteiger partial charge in [-0.1, -0.05) is 36.4 Å². The second kappa shape index (κ2) is 7.47. The fourth-order valence-electron chi connectivity index (χ4n) is 2.18. The first kappa shape index (κ1) is 15.9. The van der Waals surface area contributed by atoms with Crippen LogP contribution in [-0.4, -0.2) is 24.2 Å². The van der Waals surface area contributed by atoms with Crippen molar-refractivity contribution >= 4 is 5.91 Å². The van der Waals surface area contributed by atoms with Crippen LogP contribution in [-0.2, 0) is 17.8 Å². The lowest BCUT2D eigenvalue weighted by atomic mass is 10.0. The van der Waals surface area contributed by atoms with Crippen LogP contribution in [0.15, 0.2) is 48.5 Å². The summed E-state index contributed by atoms with van der Waals surface area (Å²) in [7, 11) is 1.59. The zero-order valence-corrected chi connectivity index (χ0v) is 12.5. The van der Waals surface area contributed by atoms with E-state index in [1.165, 1.54) is 0 Å². The molecule has 1 unspecified atom stereocenters. The Balaban J connectivity index is 1.93. The molecule has 0 spiro atoms. The Morgan fingerprint density at radius 3 is 2.50 bits per heavy atom. The van der Waals surface area contributed by atoms with Crippen molar-refractivity contribution in [1.29, 1.82) is 0 Å². The summed E-state index contributed by atoms with van der Waals surface area (Å²) in [6, 6.07) is 13.6. The Morgan fingerprint density at radius 1 is 1.18 bits per heavy atom. The van der Waals surface area contributed by atoms with Crippen molar-refractivity contribution in [3.63, 3.8) is 0 Å². The molecule has 0 aliphatic heterocycles. The van der Waals surface area contributed by atoms with Crippen LogP contribution >= 0.6 is 0 Å². The lowest BCUT2D eigenvalue weighted by Gasteiger charge is -2.14. The minimum Gasteiger partial charge on any atom is -0.508 e. The third-order valence-corrected chi connectivity index (χ3v) is 3.41. The van der Waals surface area contributed by atoms with Crippen molar-refractivity contribution in [2.45, 2.75) is 19.0 Å². The molecule has 0 radical (unpaired) electrons. The minimum atomic E-state index is -0.719. The number of benzene rings is 2. The molecule has 116 valence electrons. The molecule has 2 aromatic carbocycles. The van der Waals surface area contributed by atoms with Gasteiger partial charge in [0, 0.05) is 18.5 Å². The van der Waals surface area contributed by atoms with Crippen LogP contribution in [0.5, 0.6) is 11.5 Å². The number of phenols is 1. The van der Waals surface area contributed by atoms with Gasteiger partial charge in [0.25, 0.3) is 0 Å². The maximum absolute atomic E-state index is 12.1. The highest BCUT2D eigenvalue weighted by molar-refractivity contribution is 5.82. The van der Waals surface area contributed by atoms with Gasteiger partial charge in [-0.2, -0.15) is 0 Å². The van der Waals surface area contributed by atoms with Crippen LogP contribution in [0.4, 0.5) is 0 Å². The van der Waals surface area contributed by atoms with E-state index in [4.69, 9.17) is 10.5 Å². The van der Waals surface area contributed by atoms with Gasteiger partial charge in [-0.3, -0.25) is 4.79 Å². The highest BCUT2D eigenvalue weighted by atomic mass is 16.5. The predicted octanol–water partition coefficient (Wildman–Crippen LogP) is 1.59. The second-order valence-corrected chi connectivity index (χ2v) is 4.97. The Bertz CT molecular complexity index is 643. The van der Waals surface area contributed by atoms with E-state index in [9.17, 15) is 9.90 Å². The van der Waals surface area contributed by atoms with Crippen molar-refractivity contribution in [3.05, 3.63) is 59.7 Å². The lowest BCUT2D eigenvalue weighted by Crippen LogP contribution is -2.41. The molecule has 5 nitrogen and oxygen atoms in total. The number of rotatable bonds is 6. The van der Waals surface area contributed by atoms with Gasteiger partial charge in [0.1, 0.15) is 11.5 Å². The number of para-hydroxylation sites is 2. The zero-order chi connectivity index (χ0) is 15.9. The van der Waals surface area contributed by atoms with Crippen LogP contribution in [0, 0.1) is 0 Å². The van der Waals surface area contributed by atoms with Crippen LogP contribution in [0.2, 0.25) is 0 Å². The monoisotopic (exact) mass is 300 g/mol. The number of phenolic OH excluding ortho intramolecular Hbond substituents is 1. The molecule has 22 heavy (non-hydrogen) atoms. The highest BCUT2D eigenvalue weighted by Gasteiger charge is 2.16. The number of hydrogen-bond acceptors (Lipinski definition) is 4. The van der Waals surface area contributed by atoms with Gasteiger partial charge in [0.15, 0.2) is 0 Å². The van der Waals surface area contributed by atoms with Gasteiger partial charge in [-0.05, 0) is 17.7 Å². The number of nitrogens with one attached hydrogen (secondary N) is 1. The summed E-state index contributed by atoms with van der Waals surface area (Å²) in [5.41, 5.74) is 7.44. The van der Waals surface area contributed by atoms with Crippen molar-refractivity contribution < 1.29 is 14.6 Å². The van der Waals surface area contributed by atoms with Crippen LogP contribution in [0.25, 0.3) is 0 Å². The van der Waals surface area contributed by atoms with E-state index in [1.54, 1.807) is 31.4 Å². The maximum Gasteiger partial charge on any atom is 0.237 e. The van der Waals surface area contributed by atoms with E-state index in [0.29, 0.717) is 12.1 Å². The normalized spacial score (nSPS) is 11.7. The zero-order valence-electron chi connectivity index (χ0n) is 12.5. The summed E-state index contributed by atoms with van der Waals surface area (Å²) in [5, 5.41) is 12.5. The molecule has 5 heteroatoms. The largest absolute Gasteiger partial charge is 0.508 e. The maximum atomic E-state index is 12.1. The smallest absolute Gasteiger partial charge is 0.237 e. The summed E-state index contributed by atoms with van der Waals surface area (Å²) in [4.78, 5) is 12.1. The third-order valence-electron chi connectivity index (χ3n) is 3.41. The van der Waals surface area contributed by atoms with E-state index < -0.39 is 6.04 Å². The standard InChI is InChI=1S/C17H20N2O3/c1-22-16-9-5-3-7-13(16)11-19-17(21)14(18)10-12-6-2-4-8-15(12)20/h2-9,14,20H,10-11,18H2,1H3,(H,19,21). The quantitative estimate of drug-likeness (QED) is 0.756. The summed E-state index contributed by atoms with van der Waals surface area (Å²) in [6.45, 7) is 0.345. The van der Waals surface area contributed by atoms with Gasteiger partial charge >= 0.3 is 0 Å². The number of ether oxygens (including phenoxy) is 1. The Labute approximate surface area is 129 Å². The number of carbonyl (C=O) groups is 1. The van der Waals surface area contributed by atoms with Crippen LogP contribution < -0.4 is 15.8 Å². The van der Waals surface area contributed by atoms with Gasteiger partial charge in [-0.25, -0.2) is 0 Å². The summed E-state index contributed by atoms with van der Waals surface area (Å²) < 4.78 is 5.23. The molecule has 2 aromatic rings. The van der Waals surface area contributed by atoms with E-state index >= 15 is 0 Å². The third kappa shape index (κ3) is 3.99.